The largest absolute Gasteiger partial charge is 0.495 e. The second kappa shape index (κ2) is 8.38. The Morgan fingerprint density at radius 2 is 1.88 bits per heavy atom. The van der Waals surface area contributed by atoms with Gasteiger partial charge in [-0.1, -0.05) is 12.1 Å². The average Bonchev–Trinajstić information content (AvgIpc) is 2.67. The molecule has 132 valence electrons. The van der Waals surface area contributed by atoms with E-state index >= 15 is 0 Å². The fraction of sp³-hybridized carbons (Fsp3) is 0.632. The number of hydrogen-bond acceptors (Lipinski definition) is 4. The summed E-state index contributed by atoms with van der Waals surface area (Å²) in [6, 6.07) is 8.11. The molecule has 0 atom stereocenters. The average molecular weight is 331 g/mol. The summed E-state index contributed by atoms with van der Waals surface area (Å²) in [6.07, 6.45) is 4.19. The topological polar surface area (TPSA) is 44.8 Å². The number of piperazine rings is 1. The van der Waals surface area contributed by atoms with Crippen molar-refractivity contribution in [1.29, 1.82) is 0 Å². The summed E-state index contributed by atoms with van der Waals surface area (Å²) in [7, 11) is 1.71. The first kappa shape index (κ1) is 17.1. The minimum absolute atomic E-state index is 0.327. The Morgan fingerprint density at radius 1 is 1.17 bits per heavy atom. The van der Waals surface area contributed by atoms with E-state index in [0.29, 0.717) is 12.3 Å². The number of benzene rings is 1. The van der Waals surface area contributed by atoms with Crippen molar-refractivity contribution in [2.75, 3.05) is 51.3 Å². The zero-order chi connectivity index (χ0) is 16.8. The molecule has 1 aromatic rings. The van der Waals surface area contributed by atoms with Crippen molar-refractivity contribution in [3.63, 3.8) is 0 Å². The number of hydrogen-bond donors (Lipinski definition) is 1. The van der Waals surface area contributed by atoms with Gasteiger partial charge in [0.1, 0.15) is 5.75 Å². The molecule has 5 heteroatoms. The van der Waals surface area contributed by atoms with E-state index in [4.69, 9.17) is 4.74 Å². The lowest BCUT2D eigenvalue weighted by atomic mass is 9.93. The Hall–Kier alpha value is -1.75. The Morgan fingerprint density at radius 3 is 2.58 bits per heavy atom. The van der Waals surface area contributed by atoms with E-state index in [1.807, 2.05) is 23.1 Å². The number of nitrogens with zero attached hydrogens (tertiary/aromatic N) is 2. The van der Waals surface area contributed by atoms with Crippen LogP contribution in [0, 0.1) is 5.92 Å². The molecule has 0 bridgehead atoms. The van der Waals surface area contributed by atoms with E-state index in [9.17, 15) is 4.79 Å². The van der Waals surface area contributed by atoms with Crippen molar-refractivity contribution in [3.05, 3.63) is 24.3 Å². The van der Waals surface area contributed by atoms with Gasteiger partial charge in [0, 0.05) is 32.6 Å². The van der Waals surface area contributed by atoms with E-state index in [-0.39, 0.29) is 0 Å². The predicted octanol–water partition coefficient (Wildman–Crippen LogP) is 2.12. The molecule has 0 aliphatic carbocycles. The third-order valence-electron chi connectivity index (χ3n) is 5.28. The molecule has 2 fully saturated rings. The Bertz CT molecular complexity index is 535. The lowest BCUT2D eigenvalue weighted by Crippen LogP contribution is -2.49. The minimum atomic E-state index is 0.327. The van der Waals surface area contributed by atoms with Crippen LogP contribution in [-0.4, -0.2) is 57.2 Å². The molecule has 0 saturated carbocycles. The quantitative estimate of drug-likeness (QED) is 0.898. The van der Waals surface area contributed by atoms with Crippen LogP contribution in [0.3, 0.4) is 0 Å². The van der Waals surface area contributed by atoms with Crippen molar-refractivity contribution in [3.8, 4) is 5.75 Å². The fourth-order valence-corrected chi connectivity index (χ4v) is 3.74. The zero-order valence-electron chi connectivity index (χ0n) is 14.7. The van der Waals surface area contributed by atoms with Crippen molar-refractivity contribution in [2.24, 2.45) is 5.92 Å². The number of nitrogens with one attached hydrogen (secondary N) is 1. The summed E-state index contributed by atoms with van der Waals surface area (Å²) >= 11 is 0. The Kier molecular flexibility index (Phi) is 5.96. The van der Waals surface area contributed by atoms with Gasteiger partial charge in [-0.05, 0) is 50.4 Å². The van der Waals surface area contributed by atoms with Gasteiger partial charge < -0.3 is 19.9 Å². The number of methoxy groups -OCH3 is 1. The predicted molar refractivity (Wildman–Crippen MR) is 96.6 cm³/mol. The highest BCUT2D eigenvalue weighted by Gasteiger charge is 2.23. The van der Waals surface area contributed by atoms with E-state index in [1.54, 1.807) is 7.11 Å². The van der Waals surface area contributed by atoms with Crippen LogP contribution >= 0.6 is 0 Å². The fourth-order valence-electron chi connectivity index (χ4n) is 3.74. The minimum Gasteiger partial charge on any atom is -0.495 e. The van der Waals surface area contributed by atoms with Gasteiger partial charge in [-0.2, -0.15) is 0 Å². The third kappa shape index (κ3) is 4.20. The van der Waals surface area contributed by atoms with Crippen LogP contribution in [0.2, 0.25) is 0 Å². The van der Waals surface area contributed by atoms with Gasteiger partial charge in [-0.15, -0.1) is 0 Å². The standard InChI is InChI=1S/C19H29N3O2/c1-24-18-5-3-2-4-17(18)21-12-14-22(15-13-21)19(23)7-6-16-8-10-20-11-9-16/h2-5,16,20H,6-15H2,1H3. The smallest absolute Gasteiger partial charge is 0.222 e. The molecule has 2 aliphatic heterocycles. The van der Waals surface area contributed by atoms with Gasteiger partial charge in [0.25, 0.3) is 0 Å². The van der Waals surface area contributed by atoms with E-state index < -0.39 is 0 Å². The molecule has 1 amide bonds. The van der Waals surface area contributed by atoms with Crippen LogP contribution in [0.15, 0.2) is 24.3 Å². The van der Waals surface area contributed by atoms with Gasteiger partial charge in [0.15, 0.2) is 0 Å². The van der Waals surface area contributed by atoms with Crippen molar-refractivity contribution < 1.29 is 9.53 Å². The maximum atomic E-state index is 12.5. The molecule has 1 aromatic carbocycles. The van der Waals surface area contributed by atoms with E-state index in [0.717, 1.165) is 63.0 Å². The number of ether oxygens (including phenoxy) is 1. The molecular weight excluding hydrogens is 302 g/mol. The Labute approximate surface area is 145 Å². The lowest BCUT2D eigenvalue weighted by molar-refractivity contribution is -0.131. The molecule has 0 radical (unpaired) electrons. The molecule has 0 aromatic heterocycles. The number of para-hydroxylation sites is 2. The van der Waals surface area contributed by atoms with Crippen LogP contribution in [0.1, 0.15) is 25.7 Å². The van der Waals surface area contributed by atoms with Crippen LogP contribution < -0.4 is 15.0 Å². The van der Waals surface area contributed by atoms with Crippen LogP contribution in [-0.2, 0) is 4.79 Å². The second-order valence-electron chi connectivity index (χ2n) is 6.77. The molecule has 2 saturated heterocycles. The number of carbonyl (C=O) groups excluding carboxylic acids is 1. The first-order chi connectivity index (χ1) is 11.8. The molecule has 0 spiro atoms. The molecule has 3 rings (SSSR count). The normalized spacial score (nSPS) is 19.4. The summed E-state index contributed by atoms with van der Waals surface area (Å²) in [5, 5.41) is 3.38. The molecule has 2 aliphatic rings. The summed E-state index contributed by atoms with van der Waals surface area (Å²) in [5.74, 6) is 1.96. The zero-order valence-corrected chi connectivity index (χ0v) is 14.7. The third-order valence-corrected chi connectivity index (χ3v) is 5.28. The van der Waals surface area contributed by atoms with Crippen molar-refractivity contribution in [1.82, 2.24) is 10.2 Å². The number of amides is 1. The maximum absolute atomic E-state index is 12.5. The van der Waals surface area contributed by atoms with Crippen LogP contribution in [0.5, 0.6) is 5.75 Å². The van der Waals surface area contributed by atoms with Gasteiger partial charge in [0.2, 0.25) is 5.91 Å². The van der Waals surface area contributed by atoms with Gasteiger partial charge in [-0.3, -0.25) is 4.79 Å². The first-order valence-electron chi connectivity index (χ1n) is 9.14. The Balaban J connectivity index is 1.46. The summed E-state index contributed by atoms with van der Waals surface area (Å²) in [4.78, 5) is 16.8. The molecular formula is C19H29N3O2. The van der Waals surface area contributed by atoms with Crippen LogP contribution in [0.25, 0.3) is 0 Å². The summed E-state index contributed by atoms with van der Waals surface area (Å²) in [6.45, 7) is 5.58. The molecule has 1 N–H and O–H groups in total. The lowest BCUT2D eigenvalue weighted by Gasteiger charge is -2.37. The number of rotatable bonds is 5. The van der Waals surface area contributed by atoms with Crippen molar-refractivity contribution in [2.45, 2.75) is 25.7 Å². The highest BCUT2D eigenvalue weighted by Crippen LogP contribution is 2.28. The second-order valence-corrected chi connectivity index (χ2v) is 6.77. The van der Waals surface area contributed by atoms with Gasteiger partial charge in [-0.25, -0.2) is 0 Å². The first-order valence-corrected chi connectivity index (χ1v) is 9.14. The van der Waals surface area contributed by atoms with Crippen LogP contribution in [0.4, 0.5) is 5.69 Å². The molecule has 2 heterocycles. The van der Waals surface area contributed by atoms with E-state index in [2.05, 4.69) is 16.3 Å². The number of carbonyl (C=O) groups is 1. The summed E-state index contributed by atoms with van der Waals surface area (Å²) in [5.41, 5.74) is 1.13. The number of piperidine rings is 1. The molecule has 24 heavy (non-hydrogen) atoms. The van der Waals surface area contributed by atoms with E-state index in [1.165, 1.54) is 12.8 Å². The van der Waals surface area contributed by atoms with Crippen molar-refractivity contribution >= 4 is 11.6 Å². The van der Waals surface area contributed by atoms with Gasteiger partial charge in [0.05, 0.1) is 12.8 Å². The highest BCUT2D eigenvalue weighted by atomic mass is 16.5. The van der Waals surface area contributed by atoms with Gasteiger partial charge >= 0.3 is 0 Å². The molecule has 0 unspecified atom stereocenters. The highest BCUT2D eigenvalue weighted by molar-refractivity contribution is 5.76. The number of anilines is 1. The SMILES string of the molecule is COc1ccccc1N1CCN(C(=O)CCC2CCNCC2)CC1. The molecule has 5 nitrogen and oxygen atoms in total. The summed E-state index contributed by atoms with van der Waals surface area (Å²) < 4.78 is 5.45. The maximum Gasteiger partial charge on any atom is 0.222 e. The monoisotopic (exact) mass is 331 g/mol.